The predicted octanol–water partition coefficient (Wildman–Crippen LogP) is 2.34. The van der Waals surface area contributed by atoms with Gasteiger partial charge in [0.1, 0.15) is 17.0 Å². The summed E-state index contributed by atoms with van der Waals surface area (Å²) in [5, 5.41) is 24.4. The zero-order valence-corrected chi connectivity index (χ0v) is 37.0. The molecule has 0 aliphatic rings. The first kappa shape index (κ1) is 49.2. The summed E-state index contributed by atoms with van der Waals surface area (Å²) in [6.45, 7) is 3.79. The number of amides is 5. The number of hydrogen-bond donors (Lipinski definition) is 8. The van der Waals surface area contributed by atoms with Crippen LogP contribution in [0.4, 0.5) is 22.7 Å². The van der Waals surface area contributed by atoms with E-state index in [1.165, 1.54) is 43.3 Å². The first-order valence-electron chi connectivity index (χ1n) is 19.7. The summed E-state index contributed by atoms with van der Waals surface area (Å²) in [7, 11) is -4.78. The van der Waals surface area contributed by atoms with E-state index in [1.54, 1.807) is 50.2 Å². The number of sulfonamides is 1. The maximum atomic E-state index is 13.2. The molecule has 5 amide bonds. The van der Waals surface area contributed by atoms with Crippen molar-refractivity contribution in [2.24, 2.45) is 16.1 Å². The Hall–Kier alpha value is -6.49. The van der Waals surface area contributed by atoms with E-state index in [-0.39, 0.29) is 35.2 Å². The van der Waals surface area contributed by atoms with E-state index in [2.05, 4.69) is 46.9 Å². The number of fused-ring (bicyclic) bond motifs is 1. The Morgan fingerprint density at radius 2 is 1.21 bits per heavy atom. The van der Waals surface area contributed by atoms with Gasteiger partial charge >= 0.3 is 0 Å². The van der Waals surface area contributed by atoms with Crippen LogP contribution in [0.2, 0.25) is 0 Å². The molecule has 0 bridgehead atoms. The third-order valence-corrected chi connectivity index (χ3v) is 11.5. The maximum Gasteiger partial charge on any atom is 0.295 e. The summed E-state index contributed by atoms with van der Waals surface area (Å²) in [4.78, 5) is 64.4. The van der Waals surface area contributed by atoms with Crippen LogP contribution in [0.3, 0.4) is 0 Å². The highest BCUT2D eigenvalue weighted by Crippen LogP contribution is 2.29. The average Bonchev–Trinajstić information content (AvgIpc) is 3.23. The molecule has 4 aromatic rings. The van der Waals surface area contributed by atoms with Crippen molar-refractivity contribution in [3.05, 3.63) is 84.9 Å². The number of carbonyl (C=O) groups excluding carboxylic acids is 5. The van der Waals surface area contributed by atoms with Gasteiger partial charge in [0.25, 0.3) is 10.1 Å². The minimum absolute atomic E-state index is 0.107. The Bertz CT molecular complexity index is 2520. The van der Waals surface area contributed by atoms with Crippen LogP contribution in [0.1, 0.15) is 27.2 Å². The van der Waals surface area contributed by atoms with Crippen LogP contribution in [0.5, 0.6) is 0 Å². The summed E-state index contributed by atoms with van der Waals surface area (Å²) in [6.07, 6.45) is 0.115. The standard InChI is InChI=1S/C41H52N10O10S2/c1-26(2)22-35(50-62(57,58)31-18-14-29(15-19-31)49-48-28-12-16-30(17-13-28)51(4)5)41(56)46-24-38(53)44-23-37(52)45-25-39(54)47-27(3)40(55)43-21-20-42-34-10-6-9-33-32(34)8-7-11-36(33)63(59,60)61/h6-19,26-27,35,42,50H,20-25H2,1-5H3,(H,43,55)(H,44,53)(H,45,52)(H,46,56)(H,47,54)(H,59,60,61)/t27-,35-/m0/s1. The fourth-order valence-electron chi connectivity index (χ4n) is 5.89. The van der Waals surface area contributed by atoms with Gasteiger partial charge in [-0.3, -0.25) is 28.5 Å². The molecule has 2 atom stereocenters. The summed E-state index contributed by atoms with van der Waals surface area (Å²) < 4.78 is 61.9. The monoisotopic (exact) mass is 908 g/mol. The molecular formula is C41H52N10O10S2. The summed E-state index contributed by atoms with van der Waals surface area (Å²) in [5.74, 6) is -3.56. The highest BCUT2D eigenvalue weighted by Gasteiger charge is 2.27. The van der Waals surface area contributed by atoms with Crippen LogP contribution in [-0.4, -0.2) is 110 Å². The maximum absolute atomic E-state index is 13.2. The molecule has 0 unspecified atom stereocenters. The molecule has 0 spiro atoms. The first-order valence-corrected chi connectivity index (χ1v) is 22.6. The van der Waals surface area contributed by atoms with Crippen molar-refractivity contribution in [1.29, 1.82) is 0 Å². The van der Waals surface area contributed by atoms with Crippen LogP contribution < -0.4 is 41.5 Å². The van der Waals surface area contributed by atoms with Gasteiger partial charge in [0.05, 0.1) is 35.9 Å². The van der Waals surface area contributed by atoms with E-state index >= 15 is 0 Å². The van der Waals surface area contributed by atoms with Crippen molar-refractivity contribution in [2.45, 2.75) is 49.1 Å². The average molecular weight is 909 g/mol. The molecule has 0 aliphatic heterocycles. The van der Waals surface area contributed by atoms with Crippen LogP contribution in [0.15, 0.2) is 105 Å². The third kappa shape index (κ3) is 15.4. The molecule has 4 aromatic carbocycles. The Balaban J connectivity index is 1.15. The zero-order valence-electron chi connectivity index (χ0n) is 35.3. The molecule has 338 valence electrons. The van der Waals surface area contributed by atoms with E-state index < -0.39 is 81.4 Å². The van der Waals surface area contributed by atoms with Gasteiger partial charge in [-0.15, -0.1) is 0 Å². The Morgan fingerprint density at radius 3 is 1.79 bits per heavy atom. The molecule has 4 rings (SSSR count). The lowest BCUT2D eigenvalue weighted by molar-refractivity contribution is -0.130. The third-order valence-electron chi connectivity index (χ3n) is 9.10. The van der Waals surface area contributed by atoms with Gasteiger partial charge in [-0.25, -0.2) is 8.42 Å². The lowest BCUT2D eigenvalue weighted by Crippen LogP contribution is -2.50. The molecule has 20 nitrogen and oxygen atoms in total. The Kier molecular flexibility index (Phi) is 17.6. The highest BCUT2D eigenvalue weighted by atomic mass is 32.2. The normalized spacial score (nSPS) is 12.6. The first-order chi connectivity index (χ1) is 29.7. The molecule has 22 heteroatoms. The van der Waals surface area contributed by atoms with Crippen molar-refractivity contribution >= 4 is 83.2 Å². The Labute approximate surface area is 365 Å². The van der Waals surface area contributed by atoms with Gasteiger partial charge in [-0.2, -0.15) is 23.4 Å². The fraction of sp³-hybridized carbons (Fsp3) is 0.341. The van der Waals surface area contributed by atoms with E-state index in [0.717, 1.165) is 5.69 Å². The number of anilines is 2. The molecule has 0 saturated heterocycles. The summed E-state index contributed by atoms with van der Waals surface area (Å²) >= 11 is 0. The van der Waals surface area contributed by atoms with Crippen molar-refractivity contribution in [1.82, 2.24) is 31.3 Å². The number of benzene rings is 4. The molecule has 63 heavy (non-hydrogen) atoms. The van der Waals surface area contributed by atoms with Gasteiger partial charge in [0.15, 0.2) is 0 Å². The van der Waals surface area contributed by atoms with E-state index in [4.69, 9.17) is 0 Å². The van der Waals surface area contributed by atoms with E-state index in [9.17, 15) is 45.4 Å². The molecule has 0 saturated carbocycles. The quantitative estimate of drug-likeness (QED) is 0.0321. The largest absolute Gasteiger partial charge is 0.383 e. The van der Waals surface area contributed by atoms with E-state index in [1.807, 2.05) is 31.1 Å². The van der Waals surface area contributed by atoms with Gasteiger partial charge < -0.3 is 36.8 Å². The van der Waals surface area contributed by atoms with Crippen LogP contribution in [-0.2, 0) is 44.1 Å². The minimum Gasteiger partial charge on any atom is -0.383 e. The molecule has 0 heterocycles. The lowest BCUT2D eigenvalue weighted by atomic mass is 10.0. The van der Waals surface area contributed by atoms with Crippen molar-refractivity contribution in [2.75, 3.05) is 57.0 Å². The molecule has 0 aliphatic carbocycles. The molecule has 0 fully saturated rings. The smallest absolute Gasteiger partial charge is 0.295 e. The van der Waals surface area contributed by atoms with Crippen molar-refractivity contribution in [3.8, 4) is 0 Å². The molecular weight excluding hydrogens is 857 g/mol. The number of nitrogens with zero attached hydrogens (tertiary/aromatic N) is 3. The van der Waals surface area contributed by atoms with Gasteiger partial charge in [-0.1, -0.05) is 38.1 Å². The van der Waals surface area contributed by atoms with Crippen LogP contribution >= 0.6 is 0 Å². The van der Waals surface area contributed by atoms with Crippen LogP contribution in [0, 0.1) is 5.92 Å². The number of nitrogens with one attached hydrogen (secondary N) is 7. The summed E-state index contributed by atoms with van der Waals surface area (Å²) in [6, 6.07) is 20.2. The summed E-state index contributed by atoms with van der Waals surface area (Å²) in [5.41, 5.74) is 2.59. The minimum atomic E-state index is -4.44. The van der Waals surface area contributed by atoms with Gasteiger partial charge in [0.2, 0.25) is 39.6 Å². The Morgan fingerprint density at radius 1 is 0.651 bits per heavy atom. The van der Waals surface area contributed by atoms with Crippen molar-refractivity contribution in [3.63, 3.8) is 0 Å². The number of rotatable bonds is 22. The lowest BCUT2D eigenvalue weighted by Gasteiger charge is -2.20. The topological polar surface area (TPSA) is 286 Å². The number of carbonyl (C=O) groups is 5. The fourth-order valence-corrected chi connectivity index (χ4v) is 7.80. The highest BCUT2D eigenvalue weighted by molar-refractivity contribution is 7.89. The molecule has 8 N–H and O–H groups in total. The zero-order chi connectivity index (χ0) is 46.3. The second-order valence-electron chi connectivity index (χ2n) is 14.8. The van der Waals surface area contributed by atoms with Crippen LogP contribution in [0.25, 0.3) is 10.8 Å². The second kappa shape index (κ2) is 22.6. The van der Waals surface area contributed by atoms with Gasteiger partial charge in [-0.05, 0) is 79.9 Å². The molecule has 0 radical (unpaired) electrons. The van der Waals surface area contributed by atoms with Gasteiger partial charge in [0, 0.05) is 49.3 Å². The molecule has 0 aromatic heterocycles. The van der Waals surface area contributed by atoms with Crippen molar-refractivity contribution < 1.29 is 45.4 Å². The number of hydrogen-bond acceptors (Lipinski definition) is 13. The number of azo groups is 1. The SMILES string of the molecule is CC(C)C[C@H](NS(=O)(=O)c1ccc(N=Nc2ccc(N(C)C)cc2)cc1)C(=O)NCC(=O)NCC(=O)NCC(=O)N[C@@H](C)C(=O)NCCNc1cccc2c(S(=O)(=O)O)cccc12. The predicted molar refractivity (Wildman–Crippen MR) is 237 cm³/mol. The second-order valence-corrected chi connectivity index (χ2v) is 17.9. The van der Waals surface area contributed by atoms with E-state index in [0.29, 0.717) is 27.8 Å².